The van der Waals surface area contributed by atoms with Crippen molar-refractivity contribution in [3.63, 3.8) is 0 Å². The minimum atomic E-state index is -0.107. The highest BCUT2D eigenvalue weighted by atomic mass is 15.3. The molecule has 136 valence electrons. The Labute approximate surface area is 161 Å². The fraction of sp³-hybridized carbons (Fsp3) is 0.0952. The van der Waals surface area contributed by atoms with Crippen molar-refractivity contribution in [3.05, 3.63) is 71.3 Å². The van der Waals surface area contributed by atoms with Crippen molar-refractivity contribution in [1.29, 1.82) is 10.7 Å². The minimum absolute atomic E-state index is 0.107. The number of nitriles is 1. The normalized spacial score (nSPS) is 10.8. The van der Waals surface area contributed by atoms with Crippen molar-refractivity contribution < 1.29 is 0 Å². The second kappa shape index (κ2) is 6.59. The van der Waals surface area contributed by atoms with Crippen molar-refractivity contribution in [2.24, 2.45) is 5.73 Å². The van der Waals surface area contributed by atoms with E-state index in [1.54, 1.807) is 28.9 Å². The number of hydrogen-bond acceptors (Lipinski definition) is 5. The summed E-state index contributed by atoms with van der Waals surface area (Å²) in [4.78, 5) is 9.02. The van der Waals surface area contributed by atoms with Gasteiger partial charge in [0.2, 0.25) is 0 Å². The Morgan fingerprint density at radius 2 is 1.82 bits per heavy atom. The van der Waals surface area contributed by atoms with E-state index in [-0.39, 0.29) is 5.84 Å². The molecule has 1 aromatic carbocycles. The fourth-order valence-corrected chi connectivity index (χ4v) is 3.26. The highest BCUT2D eigenvalue weighted by Crippen LogP contribution is 2.35. The number of nitrogens with two attached hydrogens (primary N) is 1. The Morgan fingerprint density at radius 3 is 2.50 bits per heavy atom. The molecule has 0 unspecified atom stereocenters. The highest BCUT2D eigenvalue weighted by Gasteiger charge is 2.19. The average Bonchev–Trinajstić information content (AvgIpc) is 3.06. The Bertz CT molecular complexity index is 1260. The fourth-order valence-electron chi connectivity index (χ4n) is 3.26. The number of aryl methyl sites for hydroxylation is 2. The summed E-state index contributed by atoms with van der Waals surface area (Å²) in [6, 6.07) is 15.1. The number of nitrogens with zero attached hydrogens (tertiary/aromatic N) is 5. The molecule has 0 amide bonds. The summed E-state index contributed by atoms with van der Waals surface area (Å²) >= 11 is 0. The predicted molar refractivity (Wildman–Crippen MR) is 107 cm³/mol. The molecule has 0 aliphatic heterocycles. The first-order valence-corrected chi connectivity index (χ1v) is 8.66. The summed E-state index contributed by atoms with van der Waals surface area (Å²) in [6.07, 6.45) is 1.74. The zero-order valence-electron chi connectivity index (χ0n) is 15.4. The zero-order chi connectivity index (χ0) is 19.8. The lowest BCUT2D eigenvalue weighted by atomic mass is 9.99. The van der Waals surface area contributed by atoms with Gasteiger partial charge < -0.3 is 5.73 Å². The molecule has 3 N–H and O–H groups in total. The molecule has 0 atom stereocenters. The third-order valence-electron chi connectivity index (χ3n) is 4.40. The smallest absolute Gasteiger partial charge is 0.164 e. The van der Waals surface area contributed by atoms with Crippen LogP contribution in [-0.4, -0.2) is 25.4 Å². The summed E-state index contributed by atoms with van der Waals surface area (Å²) in [7, 11) is 0. The lowest BCUT2D eigenvalue weighted by Crippen LogP contribution is -2.13. The number of rotatable bonds is 3. The van der Waals surface area contributed by atoms with Gasteiger partial charge in [-0.15, -0.1) is 0 Å². The molecule has 0 aliphatic carbocycles. The van der Waals surface area contributed by atoms with E-state index in [9.17, 15) is 5.26 Å². The van der Waals surface area contributed by atoms with Gasteiger partial charge in [0.15, 0.2) is 5.65 Å². The molecule has 7 nitrogen and oxygen atoms in total. The van der Waals surface area contributed by atoms with Crippen LogP contribution in [0.4, 0.5) is 0 Å². The molecule has 0 aliphatic rings. The van der Waals surface area contributed by atoms with Gasteiger partial charge in [-0.1, -0.05) is 12.1 Å². The number of nitrogen functional groups attached to an aromatic ring is 1. The van der Waals surface area contributed by atoms with Crippen LogP contribution in [0.15, 0.2) is 48.7 Å². The molecular formula is C21H17N7. The summed E-state index contributed by atoms with van der Waals surface area (Å²) < 4.78 is 1.67. The maximum atomic E-state index is 9.27. The Hall–Kier alpha value is -4.05. The van der Waals surface area contributed by atoms with E-state index in [1.165, 1.54) is 0 Å². The van der Waals surface area contributed by atoms with Crippen LogP contribution in [-0.2, 0) is 0 Å². The van der Waals surface area contributed by atoms with Gasteiger partial charge in [-0.2, -0.15) is 10.4 Å². The molecule has 3 heterocycles. The number of nitrogens with one attached hydrogen (secondary N) is 1. The van der Waals surface area contributed by atoms with E-state index in [4.69, 9.17) is 16.2 Å². The molecule has 4 rings (SSSR count). The van der Waals surface area contributed by atoms with Gasteiger partial charge in [-0.25, -0.2) is 9.50 Å². The molecule has 4 aromatic rings. The largest absolute Gasteiger partial charge is 0.382 e. The topological polar surface area (TPSA) is 117 Å². The van der Waals surface area contributed by atoms with Crippen molar-refractivity contribution >= 4 is 11.5 Å². The van der Waals surface area contributed by atoms with Crippen LogP contribution < -0.4 is 5.73 Å². The zero-order valence-corrected chi connectivity index (χ0v) is 15.4. The van der Waals surface area contributed by atoms with Gasteiger partial charge >= 0.3 is 0 Å². The Morgan fingerprint density at radius 1 is 1.07 bits per heavy atom. The number of pyridine rings is 1. The maximum absolute atomic E-state index is 9.27. The molecular weight excluding hydrogens is 350 g/mol. The molecule has 0 spiro atoms. The average molecular weight is 367 g/mol. The molecule has 0 saturated carbocycles. The van der Waals surface area contributed by atoms with Crippen molar-refractivity contribution in [2.75, 3.05) is 0 Å². The first-order chi connectivity index (χ1) is 13.5. The quantitative estimate of drug-likeness (QED) is 0.426. The molecule has 7 heteroatoms. The maximum Gasteiger partial charge on any atom is 0.164 e. The van der Waals surface area contributed by atoms with Crippen molar-refractivity contribution in [1.82, 2.24) is 19.6 Å². The van der Waals surface area contributed by atoms with E-state index < -0.39 is 0 Å². The molecule has 0 radical (unpaired) electrons. The lowest BCUT2D eigenvalue weighted by Gasteiger charge is -2.07. The van der Waals surface area contributed by atoms with E-state index in [0.717, 1.165) is 28.1 Å². The highest BCUT2D eigenvalue weighted by molar-refractivity contribution is 5.96. The van der Waals surface area contributed by atoms with Gasteiger partial charge in [-0.3, -0.25) is 10.4 Å². The van der Waals surface area contributed by atoms with E-state index in [0.29, 0.717) is 22.6 Å². The third kappa shape index (κ3) is 2.97. The Kier molecular flexibility index (Phi) is 4.09. The van der Waals surface area contributed by atoms with Crippen LogP contribution in [0.1, 0.15) is 22.6 Å². The molecule has 0 bridgehead atoms. The van der Waals surface area contributed by atoms with Gasteiger partial charge in [0.05, 0.1) is 17.2 Å². The number of aromatic nitrogens is 4. The lowest BCUT2D eigenvalue weighted by molar-refractivity contribution is 0.940. The summed E-state index contributed by atoms with van der Waals surface area (Å²) in [5, 5.41) is 21.7. The molecule has 0 saturated heterocycles. The molecule has 3 aromatic heterocycles. The van der Waals surface area contributed by atoms with Crippen LogP contribution >= 0.6 is 0 Å². The van der Waals surface area contributed by atoms with Gasteiger partial charge in [0, 0.05) is 23.1 Å². The number of fused-ring (bicyclic) bond motifs is 1. The number of hydrogen-bond donors (Lipinski definition) is 2. The van der Waals surface area contributed by atoms with Gasteiger partial charge in [0.25, 0.3) is 0 Å². The monoisotopic (exact) mass is 367 g/mol. The van der Waals surface area contributed by atoms with Crippen molar-refractivity contribution in [2.45, 2.75) is 13.8 Å². The summed E-state index contributed by atoms with van der Waals surface area (Å²) in [5.41, 5.74) is 12.2. The number of benzene rings is 1. The second-order valence-electron chi connectivity index (χ2n) is 6.55. The third-order valence-corrected chi connectivity index (χ3v) is 4.40. The predicted octanol–water partition coefficient (Wildman–Crippen LogP) is 3.23. The summed E-state index contributed by atoms with van der Waals surface area (Å²) in [6.45, 7) is 3.87. The van der Waals surface area contributed by atoms with Crippen LogP contribution in [0.3, 0.4) is 0 Å². The minimum Gasteiger partial charge on any atom is -0.382 e. The van der Waals surface area contributed by atoms with E-state index in [1.807, 2.05) is 38.1 Å². The SMILES string of the molecule is Cc1cc(-c2c(-c3cccc(C#N)c3)nn3ccc(C(=N)N)nc23)cc(C)n1. The van der Waals surface area contributed by atoms with Gasteiger partial charge in [-0.05, 0) is 49.7 Å². The Balaban J connectivity index is 2.09. The molecule has 0 fully saturated rings. The second-order valence-corrected chi connectivity index (χ2v) is 6.55. The molecule has 28 heavy (non-hydrogen) atoms. The first-order valence-electron chi connectivity index (χ1n) is 8.66. The summed E-state index contributed by atoms with van der Waals surface area (Å²) in [5.74, 6) is -0.107. The van der Waals surface area contributed by atoms with Crippen LogP contribution in [0.25, 0.3) is 28.0 Å². The van der Waals surface area contributed by atoms with Gasteiger partial charge in [0.1, 0.15) is 17.2 Å². The van der Waals surface area contributed by atoms with E-state index in [2.05, 4.69) is 16.0 Å². The van der Waals surface area contributed by atoms with Crippen molar-refractivity contribution in [3.8, 4) is 28.5 Å². The number of amidine groups is 1. The van der Waals surface area contributed by atoms with Crippen LogP contribution in [0.5, 0.6) is 0 Å². The standard InChI is InChI=1S/C21H17N7/c1-12-8-16(9-13(2)25-12)18-19(15-5-3-4-14(10-15)11-22)27-28-7-6-17(20(23)24)26-21(18)28/h3-10H,1-2H3,(H3,23,24). The first kappa shape index (κ1) is 17.4. The van der Waals surface area contributed by atoms with E-state index >= 15 is 0 Å². The van der Waals surface area contributed by atoms with Crippen LogP contribution in [0.2, 0.25) is 0 Å². The van der Waals surface area contributed by atoms with Crippen LogP contribution in [0, 0.1) is 30.6 Å².